The molecule has 2 aromatic carbocycles. The molecule has 2 aromatic rings. The van der Waals surface area contributed by atoms with Gasteiger partial charge in [-0.2, -0.15) is 0 Å². The zero-order valence-corrected chi connectivity index (χ0v) is 14.4. The normalized spacial score (nSPS) is 16.3. The Kier molecular flexibility index (Phi) is 4.31. The molecule has 2 amide bonds. The second kappa shape index (κ2) is 6.43. The molecule has 0 spiro atoms. The quantitative estimate of drug-likeness (QED) is 0.691. The molecule has 1 heterocycles. The minimum Gasteiger partial charge on any atom is -0.488 e. The van der Waals surface area contributed by atoms with Crippen LogP contribution >= 0.6 is 0 Å². The zero-order chi connectivity index (χ0) is 18.0. The summed E-state index contributed by atoms with van der Waals surface area (Å²) in [7, 11) is 0. The summed E-state index contributed by atoms with van der Waals surface area (Å²) in [4.78, 5) is 24.8. The Morgan fingerprint density at radius 1 is 1.00 bits per heavy atom. The number of carbonyl (C=O) groups is 2. The Morgan fingerprint density at radius 2 is 1.72 bits per heavy atom. The van der Waals surface area contributed by atoms with Gasteiger partial charge >= 0.3 is 0 Å². The molecule has 0 bridgehead atoms. The van der Waals surface area contributed by atoms with Gasteiger partial charge < -0.3 is 4.74 Å². The van der Waals surface area contributed by atoms with Crippen LogP contribution in [0.4, 0.5) is 5.69 Å². The maximum atomic E-state index is 12.6. The van der Waals surface area contributed by atoms with Crippen molar-refractivity contribution in [2.24, 2.45) is 0 Å². The number of hydrogen-bond donors (Lipinski definition) is 1. The Labute approximate surface area is 146 Å². The van der Waals surface area contributed by atoms with Gasteiger partial charge in [0.1, 0.15) is 16.9 Å². The standard InChI is InChI=1S/C20H20N2O3/c1-20(2,3)25-16-11-7-8-14(12-16)13-17-18(23)21-22(19(17)24)15-9-5-4-6-10-15/h4-13H,1-3H3,(H,21,23). The van der Waals surface area contributed by atoms with E-state index < -0.39 is 5.91 Å². The highest BCUT2D eigenvalue weighted by molar-refractivity contribution is 6.31. The lowest BCUT2D eigenvalue weighted by atomic mass is 10.1. The molecule has 1 aliphatic rings. The van der Waals surface area contributed by atoms with E-state index in [4.69, 9.17) is 4.74 Å². The predicted molar refractivity (Wildman–Crippen MR) is 96.9 cm³/mol. The fourth-order valence-electron chi connectivity index (χ4n) is 2.50. The highest BCUT2D eigenvalue weighted by Gasteiger charge is 2.34. The first kappa shape index (κ1) is 16.8. The first-order chi connectivity index (χ1) is 11.8. The van der Waals surface area contributed by atoms with E-state index in [1.807, 2.05) is 63.2 Å². The molecule has 0 saturated carbocycles. The number of ether oxygens (including phenoxy) is 1. The van der Waals surface area contributed by atoms with Crippen molar-refractivity contribution < 1.29 is 14.3 Å². The number of carbonyl (C=O) groups excluding carboxylic acids is 2. The third-order valence-corrected chi connectivity index (χ3v) is 3.50. The number of anilines is 1. The summed E-state index contributed by atoms with van der Waals surface area (Å²) < 4.78 is 5.83. The van der Waals surface area contributed by atoms with E-state index >= 15 is 0 Å². The molecule has 128 valence electrons. The molecule has 1 fully saturated rings. The fourth-order valence-corrected chi connectivity index (χ4v) is 2.50. The molecule has 1 aliphatic heterocycles. The fraction of sp³-hybridized carbons (Fsp3) is 0.200. The van der Waals surface area contributed by atoms with Crippen LogP contribution in [0.1, 0.15) is 26.3 Å². The molecule has 1 saturated heterocycles. The van der Waals surface area contributed by atoms with Crippen molar-refractivity contribution in [2.75, 3.05) is 5.01 Å². The maximum absolute atomic E-state index is 12.6. The number of hydrogen-bond acceptors (Lipinski definition) is 3. The van der Waals surface area contributed by atoms with Crippen molar-refractivity contribution in [3.63, 3.8) is 0 Å². The number of rotatable bonds is 3. The monoisotopic (exact) mass is 336 g/mol. The van der Waals surface area contributed by atoms with E-state index in [-0.39, 0.29) is 17.1 Å². The van der Waals surface area contributed by atoms with Crippen molar-refractivity contribution in [3.8, 4) is 5.75 Å². The molecule has 5 heteroatoms. The lowest BCUT2D eigenvalue weighted by molar-refractivity contribution is -0.117. The largest absolute Gasteiger partial charge is 0.488 e. The highest BCUT2D eigenvalue weighted by Crippen LogP contribution is 2.24. The molecular formula is C20H20N2O3. The number of hydrazine groups is 1. The molecule has 0 atom stereocenters. The number of para-hydroxylation sites is 1. The SMILES string of the molecule is CC(C)(C)Oc1cccc(C=C2C(=O)NN(c3ccccc3)C2=O)c1. The topological polar surface area (TPSA) is 58.6 Å². The van der Waals surface area contributed by atoms with Gasteiger partial charge in [-0.3, -0.25) is 15.0 Å². The molecule has 25 heavy (non-hydrogen) atoms. The Hall–Kier alpha value is -3.08. The first-order valence-corrected chi connectivity index (χ1v) is 8.05. The van der Waals surface area contributed by atoms with Crippen LogP contribution in [0.25, 0.3) is 6.08 Å². The second-order valence-corrected chi connectivity index (χ2v) is 6.76. The molecule has 3 rings (SSSR count). The van der Waals surface area contributed by atoms with Crippen LogP contribution in [0, 0.1) is 0 Å². The van der Waals surface area contributed by atoms with E-state index in [1.165, 1.54) is 5.01 Å². The van der Waals surface area contributed by atoms with Crippen molar-refractivity contribution in [1.82, 2.24) is 5.43 Å². The molecule has 0 unspecified atom stereocenters. The third kappa shape index (κ3) is 3.88. The summed E-state index contributed by atoms with van der Waals surface area (Å²) in [5, 5.41) is 1.25. The van der Waals surface area contributed by atoms with Gasteiger partial charge in [0.25, 0.3) is 11.8 Å². The van der Waals surface area contributed by atoms with Gasteiger partial charge in [0.15, 0.2) is 0 Å². The van der Waals surface area contributed by atoms with Gasteiger partial charge in [-0.15, -0.1) is 0 Å². The van der Waals surface area contributed by atoms with Gasteiger partial charge in [-0.1, -0.05) is 30.3 Å². The number of nitrogens with one attached hydrogen (secondary N) is 1. The molecule has 5 nitrogen and oxygen atoms in total. The number of amides is 2. The van der Waals surface area contributed by atoms with Crippen LogP contribution in [-0.2, 0) is 9.59 Å². The highest BCUT2D eigenvalue weighted by atomic mass is 16.5. The van der Waals surface area contributed by atoms with Crippen molar-refractivity contribution >= 4 is 23.6 Å². The molecular weight excluding hydrogens is 316 g/mol. The van der Waals surface area contributed by atoms with E-state index in [0.29, 0.717) is 11.4 Å². The summed E-state index contributed by atoms with van der Waals surface area (Å²) in [5.41, 5.74) is 3.71. The smallest absolute Gasteiger partial charge is 0.282 e. The van der Waals surface area contributed by atoms with Crippen molar-refractivity contribution in [3.05, 3.63) is 65.7 Å². The average Bonchev–Trinajstić information content (AvgIpc) is 2.83. The van der Waals surface area contributed by atoms with E-state index in [0.717, 1.165) is 5.56 Å². The molecule has 0 aromatic heterocycles. The van der Waals surface area contributed by atoms with Gasteiger partial charge in [0.05, 0.1) is 5.69 Å². The Morgan fingerprint density at radius 3 is 2.40 bits per heavy atom. The van der Waals surface area contributed by atoms with E-state index in [1.54, 1.807) is 18.2 Å². The van der Waals surface area contributed by atoms with Crippen LogP contribution < -0.4 is 15.2 Å². The van der Waals surface area contributed by atoms with Crippen LogP contribution in [0.5, 0.6) is 5.75 Å². The second-order valence-electron chi connectivity index (χ2n) is 6.76. The zero-order valence-electron chi connectivity index (χ0n) is 14.4. The Balaban J connectivity index is 1.87. The molecule has 1 N–H and O–H groups in total. The Bertz CT molecular complexity index is 836. The van der Waals surface area contributed by atoms with Crippen LogP contribution in [0.3, 0.4) is 0 Å². The number of nitrogens with zero attached hydrogens (tertiary/aromatic N) is 1. The van der Waals surface area contributed by atoms with Crippen molar-refractivity contribution in [1.29, 1.82) is 0 Å². The van der Waals surface area contributed by atoms with Crippen molar-refractivity contribution in [2.45, 2.75) is 26.4 Å². The average molecular weight is 336 g/mol. The van der Waals surface area contributed by atoms with Crippen LogP contribution in [0.2, 0.25) is 0 Å². The van der Waals surface area contributed by atoms with E-state index in [9.17, 15) is 9.59 Å². The first-order valence-electron chi connectivity index (χ1n) is 8.05. The van der Waals surface area contributed by atoms with E-state index in [2.05, 4.69) is 5.43 Å². The summed E-state index contributed by atoms with van der Waals surface area (Å²) in [6, 6.07) is 16.3. The van der Waals surface area contributed by atoms with Gasteiger partial charge in [0.2, 0.25) is 0 Å². The van der Waals surface area contributed by atoms with Gasteiger partial charge in [-0.05, 0) is 56.7 Å². The number of benzene rings is 2. The van der Waals surface area contributed by atoms with Gasteiger partial charge in [0, 0.05) is 0 Å². The van der Waals surface area contributed by atoms with Crippen LogP contribution in [-0.4, -0.2) is 17.4 Å². The minimum absolute atomic E-state index is 0.0942. The lowest BCUT2D eigenvalue weighted by Crippen LogP contribution is -2.35. The minimum atomic E-state index is -0.420. The maximum Gasteiger partial charge on any atom is 0.282 e. The summed E-state index contributed by atoms with van der Waals surface area (Å²) in [5.74, 6) is -0.109. The predicted octanol–water partition coefficient (Wildman–Crippen LogP) is 3.33. The third-order valence-electron chi connectivity index (χ3n) is 3.50. The molecule has 0 radical (unpaired) electrons. The summed E-state index contributed by atoms with van der Waals surface area (Å²) in [6.07, 6.45) is 1.58. The lowest BCUT2D eigenvalue weighted by Gasteiger charge is -2.21. The summed E-state index contributed by atoms with van der Waals surface area (Å²) >= 11 is 0. The molecule has 0 aliphatic carbocycles. The van der Waals surface area contributed by atoms with Crippen LogP contribution in [0.15, 0.2) is 60.2 Å². The van der Waals surface area contributed by atoms with Gasteiger partial charge in [-0.25, -0.2) is 5.01 Å². The summed E-state index contributed by atoms with van der Waals surface area (Å²) in [6.45, 7) is 5.89.